The summed E-state index contributed by atoms with van der Waals surface area (Å²) in [6.07, 6.45) is 23.9. The molecule has 2 N–H and O–H groups in total. The Labute approximate surface area is 230 Å². The maximum atomic E-state index is 10.4. The predicted molar refractivity (Wildman–Crippen MR) is 128 cm³/mol. The summed E-state index contributed by atoms with van der Waals surface area (Å²) in [6.45, 7) is 6.27. The first-order valence-corrected chi connectivity index (χ1v) is 12.9. The van der Waals surface area contributed by atoms with Crippen LogP contribution in [-0.2, 0) is 54.3 Å². The van der Waals surface area contributed by atoms with Gasteiger partial charge < -0.3 is 10.2 Å². The summed E-state index contributed by atoms with van der Waals surface area (Å²) >= 11 is 0. The van der Waals surface area contributed by atoms with Gasteiger partial charge in [0.25, 0.3) is 0 Å². The zero-order valence-electron chi connectivity index (χ0n) is 21.0. The first-order chi connectivity index (χ1) is 14.5. The van der Waals surface area contributed by atoms with E-state index in [1.165, 1.54) is 83.5 Å². The molecule has 0 aliphatic heterocycles. The van der Waals surface area contributed by atoms with E-state index in [9.17, 15) is 9.59 Å². The monoisotopic (exact) mass is 642 g/mol. The van der Waals surface area contributed by atoms with Crippen LogP contribution in [0.5, 0.6) is 0 Å². The minimum absolute atomic E-state index is 0. The molecular weight excluding hydrogens is 592 g/mol. The van der Waals surface area contributed by atoms with Crippen LogP contribution in [0.1, 0.15) is 149 Å². The van der Waals surface area contributed by atoms with Crippen LogP contribution in [0, 0.1) is 5.92 Å². The number of rotatable bonds is 21. The standard InChI is InChI=1S/C18H36O2.C8H16O2.2Ag/c1-2-3-4-5-6-7-8-9-10-11-12-13-14-15-16-17-18(19)20;1-3-5-6-7(4-2)8(9)10;;/h2-17H2,1H3,(H,19,20);7H,3-6H2,1-2H3,(H,9,10);;. The van der Waals surface area contributed by atoms with Gasteiger partial charge in [-0.25, -0.2) is 0 Å². The zero-order chi connectivity index (χ0) is 22.9. The van der Waals surface area contributed by atoms with Crippen molar-refractivity contribution in [3.8, 4) is 0 Å². The fraction of sp³-hybridized carbons (Fsp3) is 0.923. The van der Waals surface area contributed by atoms with Gasteiger partial charge in [-0.15, -0.1) is 0 Å². The topological polar surface area (TPSA) is 74.6 Å². The second-order valence-electron chi connectivity index (χ2n) is 8.68. The predicted octanol–water partition coefficient (Wildman–Crippen LogP) is 8.61. The Morgan fingerprint density at radius 3 is 1.19 bits per heavy atom. The zero-order valence-corrected chi connectivity index (χ0v) is 24.0. The summed E-state index contributed by atoms with van der Waals surface area (Å²) in [4.78, 5) is 20.8. The molecule has 0 fully saturated rings. The molecule has 0 spiro atoms. The minimum Gasteiger partial charge on any atom is -0.481 e. The number of carbonyl (C=O) groups is 2. The second kappa shape index (κ2) is 33.6. The Bertz CT molecular complexity index is 379. The van der Waals surface area contributed by atoms with Gasteiger partial charge in [-0.05, 0) is 19.3 Å². The Hall–Kier alpha value is 0.421. The maximum Gasteiger partial charge on any atom is 0.306 e. The van der Waals surface area contributed by atoms with Crippen molar-refractivity contribution in [2.24, 2.45) is 5.92 Å². The quantitative estimate of drug-likeness (QED) is 0.0970. The molecule has 0 saturated heterocycles. The van der Waals surface area contributed by atoms with E-state index in [0.717, 1.165) is 38.5 Å². The molecule has 0 aromatic carbocycles. The smallest absolute Gasteiger partial charge is 0.306 e. The van der Waals surface area contributed by atoms with Crippen molar-refractivity contribution in [2.45, 2.75) is 149 Å². The van der Waals surface area contributed by atoms with Crippen molar-refractivity contribution in [1.82, 2.24) is 0 Å². The third-order valence-electron chi connectivity index (χ3n) is 5.74. The van der Waals surface area contributed by atoms with Gasteiger partial charge in [0.1, 0.15) is 0 Å². The van der Waals surface area contributed by atoms with Crippen molar-refractivity contribution in [3.05, 3.63) is 0 Å². The van der Waals surface area contributed by atoms with Gasteiger partial charge in [-0.2, -0.15) is 0 Å². The van der Waals surface area contributed by atoms with E-state index >= 15 is 0 Å². The van der Waals surface area contributed by atoms with E-state index in [1.807, 2.05) is 6.92 Å². The van der Waals surface area contributed by atoms with E-state index in [-0.39, 0.29) is 50.7 Å². The molecule has 32 heavy (non-hydrogen) atoms. The summed E-state index contributed by atoms with van der Waals surface area (Å²) in [5.41, 5.74) is 0. The fourth-order valence-corrected chi connectivity index (χ4v) is 3.60. The molecule has 0 aromatic heterocycles. The molecule has 0 heterocycles. The Kier molecular flexibility index (Phi) is 41.6. The van der Waals surface area contributed by atoms with Gasteiger partial charge in [-0.1, -0.05) is 124 Å². The molecule has 0 saturated carbocycles. The van der Waals surface area contributed by atoms with Crippen molar-refractivity contribution >= 4 is 11.9 Å². The van der Waals surface area contributed by atoms with E-state index in [2.05, 4.69) is 13.8 Å². The number of carboxylic acids is 2. The average Bonchev–Trinajstić information content (AvgIpc) is 2.71. The van der Waals surface area contributed by atoms with Crippen LogP contribution < -0.4 is 0 Å². The van der Waals surface area contributed by atoms with E-state index in [4.69, 9.17) is 10.2 Å². The number of unbranched alkanes of at least 4 members (excludes halogenated alkanes) is 15. The molecule has 202 valence electrons. The van der Waals surface area contributed by atoms with Gasteiger partial charge in [0, 0.05) is 51.2 Å². The maximum absolute atomic E-state index is 10.4. The molecule has 1 atom stereocenters. The van der Waals surface area contributed by atoms with Crippen molar-refractivity contribution in [3.63, 3.8) is 0 Å². The number of hydrogen-bond acceptors (Lipinski definition) is 2. The van der Waals surface area contributed by atoms with Crippen LogP contribution in [0.2, 0.25) is 0 Å². The fourth-order valence-electron chi connectivity index (χ4n) is 3.60. The van der Waals surface area contributed by atoms with Crippen LogP contribution in [-0.4, -0.2) is 22.2 Å². The van der Waals surface area contributed by atoms with Gasteiger partial charge in [0.2, 0.25) is 0 Å². The molecule has 0 bridgehead atoms. The number of hydrogen-bond donors (Lipinski definition) is 2. The van der Waals surface area contributed by atoms with Gasteiger partial charge in [-0.3, -0.25) is 9.59 Å². The van der Waals surface area contributed by atoms with Crippen molar-refractivity contribution in [2.75, 3.05) is 0 Å². The first kappa shape index (κ1) is 39.6. The SMILES string of the molecule is CCCCC(CC)C(=O)O.CCCCCCCCCCCCCCCCCC(=O)O.[Ag].[Ag]. The molecule has 0 amide bonds. The molecule has 1 unspecified atom stereocenters. The molecule has 6 heteroatoms. The largest absolute Gasteiger partial charge is 0.481 e. The summed E-state index contributed by atoms with van der Waals surface area (Å²) in [5, 5.41) is 17.1. The Morgan fingerprint density at radius 1 is 0.562 bits per heavy atom. The minimum atomic E-state index is -0.653. The van der Waals surface area contributed by atoms with Crippen LogP contribution in [0.3, 0.4) is 0 Å². The first-order valence-electron chi connectivity index (χ1n) is 12.9. The summed E-state index contributed by atoms with van der Waals surface area (Å²) in [6, 6.07) is 0. The van der Waals surface area contributed by atoms with Crippen molar-refractivity contribution in [1.29, 1.82) is 0 Å². The van der Waals surface area contributed by atoms with Crippen LogP contribution in [0.4, 0.5) is 0 Å². The summed E-state index contributed by atoms with van der Waals surface area (Å²) in [5.74, 6) is -1.41. The van der Waals surface area contributed by atoms with Crippen LogP contribution in [0.25, 0.3) is 0 Å². The van der Waals surface area contributed by atoms with Crippen molar-refractivity contribution < 1.29 is 64.6 Å². The van der Waals surface area contributed by atoms with E-state index in [1.54, 1.807) is 0 Å². The third kappa shape index (κ3) is 35.0. The molecule has 0 aromatic rings. The average molecular weight is 644 g/mol. The Balaban J connectivity index is -0.000000279. The molecule has 0 aliphatic carbocycles. The van der Waals surface area contributed by atoms with Gasteiger partial charge in [0.15, 0.2) is 0 Å². The van der Waals surface area contributed by atoms with Crippen LogP contribution >= 0.6 is 0 Å². The molecule has 2 radical (unpaired) electrons. The Morgan fingerprint density at radius 2 is 0.906 bits per heavy atom. The van der Waals surface area contributed by atoms with E-state index in [0.29, 0.717) is 6.42 Å². The molecular formula is C26H52Ag2O4. The number of carboxylic acid groups (broad SMARTS) is 2. The summed E-state index contributed by atoms with van der Waals surface area (Å²) in [7, 11) is 0. The third-order valence-corrected chi connectivity index (χ3v) is 5.74. The van der Waals surface area contributed by atoms with Gasteiger partial charge in [0.05, 0.1) is 5.92 Å². The summed E-state index contributed by atoms with van der Waals surface area (Å²) < 4.78 is 0. The molecule has 0 aliphatic rings. The molecule has 4 nitrogen and oxygen atoms in total. The normalized spacial score (nSPS) is 10.8. The molecule has 0 rings (SSSR count). The second-order valence-corrected chi connectivity index (χ2v) is 8.68. The van der Waals surface area contributed by atoms with E-state index < -0.39 is 11.9 Å². The van der Waals surface area contributed by atoms with Gasteiger partial charge >= 0.3 is 11.9 Å². The van der Waals surface area contributed by atoms with Crippen LogP contribution in [0.15, 0.2) is 0 Å². The number of aliphatic carboxylic acids is 2.